The van der Waals surface area contributed by atoms with E-state index < -0.39 is 11.8 Å². The van der Waals surface area contributed by atoms with Crippen LogP contribution in [0.3, 0.4) is 0 Å². The zero-order chi connectivity index (χ0) is 14.7. The van der Waals surface area contributed by atoms with E-state index in [1.54, 1.807) is 11.8 Å². The minimum atomic E-state index is -1.14. The Balaban J connectivity index is 2.23. The van der Waals surface area contributed by atoms with E-state index in [1.807, 2.05) is 6.26 Å². The van der Waals surface area contributed by atoms with Gasteiger partial charge in [0.2, 0.25) is 0 Å². The highest BCUT2D eigenvalue weighted by atomic mass is 32.2. The molecule has 1 aliphatic rings. The number of carbonyl (C=O) groups is 1. The summed E-state index contributed by atoms with van der Waals surface area (Å²) in [6, 6.07) is 2.53. The SMILES string of the molecule is CSC1CCCCC1Nc1cc(C(=O)O)c(N)cc1F. The number of anilines is 2. The van der Waals surface area contributed by atoms with Crippen LogP contribution in [0.25, 0.3) is 0 Å². The lowest BCUT2D eigenvalue weighted by Gasteiger charge is -2.32. The summed E-state index contributed by atoms with van der Waals surface area (Å²) in [7, 11) is 0. The first-order valence-corrected chi connectivity index (χ1v) is 7.93. The lowest BCUT2D eigenvalue weighted by Crippen LogP contribution is -2.34. The summed E-state index contributed by atoms with van der Waals surface area (Å²) >= 11 is 1.77. The maximum atomic E-state index is 13.9. The molecule has 4 nitrogen and oxygen atoms in total. The number of benzene rings is 1. The van der Waals surface area contributed by atoms with Crippen molar-refractivity contribution in [1.82, 2.24) is 0 Å². The first-order valence-electron chi connectivity index (χ1n) is 6.64. The number of hydrogen-bond acceptors (Lipinski definition) is 4. The molecule has 0 aliphatic heterocycles. The largest absolute Gasteiger partial charge is 0.478 e. The highest BCUT2D eigenvalue weighted by Gasteiger charge is 2.25. The van der Waals surface area contributed by atoms with Crippen LogP contribution in [-0.4, -0.2) is 28.6 Å². The minimum Gasteiger partial charge on any atom is -0.478 e. The van der Waals surface area contributed by atoms with Gasteiger partial charge in [0.05, 0.1) is 11.3 Å². The van der Waals surface area contributed by atoms with Crippen LogP contribution in [0.1, 0.15) is 36.0 Å². The number of nitrogens with one attached hydrogen (secondary N) is 1. The van der Waals surface area contributed by atoms with Gasteiger partial charge in [-0.05, 0) is 31.2 Å². The Hall–Kier alpha value is -1.43. The number of nitrogens with two attached hydrogens (primary N) is 1. The monoisotopic (exact) mass is 298 g/mol. The molecule has 110 valence electrons. The standard InChI is InChI=1S/C14H19FN2O2S/c1-20-13-5-3-2-4-11(13)17-12-6-8(14(18)19)10(16)7-9(12)15/h6-7,11,13,17H,2-5,16H2,1H3,(H,18,19). The van der Waals surface area contributed by atoms with Crippen molar-refractivity contribution in [2.45, 2.75) is 37.0 Å². The summed E-state index contributed by atoms with van der Waals surface area (Å²) in [6.07, 6.45) is 6.41. The Labute approximate surface area is 121 Å². The van der Waals surface area contributed by atoms with Gasteiger partial charge in [0.25, 0.3) is 0 Å². The zero-order valence-corrected chi connectivity index (χ0v) is 12.2. The fraction of sp³-hybridized carbons (Fsp3) is 0.500. The second-order valence-electron chi connectivity index (χ2n) is 5.03. The van der Waals surface area contributed by atoms with Gasteiger partial charge in [-0.15, -0.1) is 0 Å². The summed E-state index contributed by atoms with van der Waals surface area (Å²) in [5.41, 5.74) is 5.63. The van der Waals surface area contributed by atoms with Gasteiger partial charge in [0, 0.05) is 17.0 Å². The van der Waals surface area contributed by atoms with E-state index in [4.69, 9.17) is 10.8 Å². The average molecular weight is 298 g/mol. The minimum absolute atomic E-state index is 0.0504. The lowest BCUT2D eigenvalue weighted by molar-refractivity contribution is 0.0698. The van der Waals surface area contributed by atoms with Crippen LogP contribution >= 0.6 is 11.8 Å². The summed E-state index contributed by atoms with van der Waals surface area (Å²) in [5, 5.41) is 12.6. The van der Waals surface area contributed by atoms with Crippen LogP contribution < -0.4 is 11.1 Å². The molecule has 1 aromatic rings. The maximum Gasteiger partial charge on any atom is 0.337 e. The molecule has 0 heterocycles. The molecule has 0 spiro atoms. The van der Waals surface area contributed by atoms with Crippen LogP contribution in [0.4, 0.5) is 15.8 Å². The fourth-order valence-electron chi connectivity index (χ4n) is 2.63. The normalized spacial score (nSPS) is 22.5. The van der Waals surface area contributed by atoms with Crippen molar-refractivity contribution in [3.8, 4) is 0 Å². The van der Waals surface area contributed by atoms with Gasteiger partial charge in [-0.25, -0.2) is 9.18 Å². The van der Waals surface area contributed by atoms with E-state index >= 15 is 0 Å². The molecule has 4 N–H and O–H groups in total. The van der Waals surface area contributed by atoms with Crippen LogP contribution in [-0.2, 0) is 0 Å². The van der Waals surface area contributed by atoms with Gasteiger partial charge >= 0.3 is 5.97 Å². The Bertz CT molecular complexity index is 510. The Morgan fingerprint density at radius 2 is 2.15 bits per heavy atom. The fourth-order valence-corrected chi connectivity index (χ4v) is 3.56. The zero-order valence-electron chi connectivity index (χ0n) is 11.4. The molecule has 2 rings (SSSR count). The number of nitrogen functional groups attached to an aromatic ring is 1. The van der Waals surface area contributed by atoms with Crippen molar-refractivity contribution >= 4 is 29.1 Å². The molecule has 1 fully saturated rings. The van der Waals surface area contributed by atoms with Gasteiger partial charge in [-0.1, -0.05) is 12.8 Å². The Morgan fingerprint density at radius 3 is 2.80 bits per heavy atom. The van der Waals surface area contributed by atoms with Crippen LogP contribution in [0, 0.1) is 5.82 Å². The summed E-state index contributed by atoms with van der Waals surface area (Å²) in [6.45, 7) is 0. The van der Waals surface area contributed by atoms with E-state index in [-0.39, 0.29) is 23.0 Å². The number of thioether (sulfide) groups is 1. The molecule has 0 amide bonds. The van der Waals surface area contributed by atoms with Gasteiger partial charge in [0.1, 0.15) is 5.82 Å². The van der Waals surface area contributed by atoms with E-state index in [0.717, 1.165) is 25.3 Å². The second-order valence-corrected chi connectivity index (χ2v) is 6.11. The predicted octanol–water partition coefficient (Wildman–Crippen LogP) is 3.19. The Morgan fingerprint density at radius 1 is 1.45 bits per heavy atom. The van der Waals surface area contributed by atoms with E-state index in [9.17, 15) is 9.18 Å². The molecule has 20 heavy (non-hydrogen) atoms. The number of hydrogen-bond donors (Lipinski definition) is 3. The molecular formula is C14H19FN2O2S. The smallest absolute Gasteiger partial charge is 0.337 e. The topological polar surface area (TPSA) is 75.3 Å². The molecular weight excluding hydrogens is 279 g/mol. The van der Waals surface area contributed by atoms with Crippen molar-refractivity contribution in [3.63, 3.8) is 0 Å². The average Bonchev–Trinajstić information content (AvgIpc) is 2.42. The van der Waals surface area contributed by atoms with E-state index in [0.29, 0.717) is 5.25 Å². The number of carboxylic acid groups (broad SMARTS) is 1. The van der Waals surface area contributed by atoms with Crippen LogP contribution in [0.5, 0.6) is 0 Å². The van der Waals surface area contributed by atoms with Crippen LogP contribution in [0.15, 0.2) is 12.1 Å². The number of carboxylic acids is 1. The number of rotatable bonds is 4. The molecule has 0 aromatic heterocycles. The second kappa shape index (κ2) is 6.35. The van der Waals surface area contributed by atoms with Crippen molar-refractivity contribution in [2.75, 3.05) is 17.3 Å². The summed E-state index contributed by atoms with van der Waals surface area (Å²) < 4.78 is 13.9. The molecule has 1 aromatic carbocycles. The number of halogens is 1. The van der Waals surface area contributed by atoms with E-state index in [2.05, 4.69) is 5.32 Å². The molecule has 2 unspecified atom stereocenters. The highest BCUT2D eigenvalue weighted by molar-refractivity contribution is 7.99. The first-order chi connectivity index (χ1) is 9.52. The third-order valence-electron chi connectivity index (χ3n) is 3.72. The van der Waals surface area contributed by atoms with Gasteiger partial charge in [-0.2, -0.15) is 11.8 Å². The Kier molecular flexibility index (Phi) is 4.75. The predicted molar refractivity (Wildman–Crippen MR) is 81.0 cm³/mol. The molecule has 0 bridgehead atoms. The van der Waals surface area contributed by atoms with Crippen molar-refractivity contribution < 1.29 is 14.3 Å². The molecule has 0 saturated heterocycles. The third kappa shape index (κ3) is 3.17. The molecule has 6 heteroatoms. The van der Waals surface area contributed by atoms with E-state index in [1.165, 1.54) is 12.5 Å². The first kappa shape index (κ1) is 15.0. The van der Waals surface area contributed by atoms with Crippen molar-refractivity contribution in [3.05, 3.63) is 23.5 Å². The molecule has 0 radical (unpaired) electrons. The summed E-state index contributed by atoms with van der Waals surface area (Å²) in [4.78, 5) is 11.1. The quantitative estimate of drug-likeness (QED) is 0.744. The van der Waals surface area contributed by atoms with Gasteiger partial charge in [-0.3, -0.25) is 0 Å². The van der Waals surface area contributed by atoms with Gasteiger partial charge in [0.15, 0.2) is 0 Å². The summed E-state index contributed by atoms with van der Waals surface area (Å²) in [5.74, 6) is -1.64. The third-order valence-corrected chi connectivity index (χ3v) is 4.89. The van der Waals surface area contributed by atoms with Crippen molar-refractivity contribution in [2.24, 2.45) is 0 Å². The number of aromatic carboxylic acids is 1. The van der Waals surface area contributed by atoms with Crippen molar-refractivity contribution in [1.29, 1.82) is 0 Å². The van der Waals surface area contributed by atoms with Gasteiger partial charge < -0.3 is 16.2 Å². The lowest BCUT2D eigenvalue weighted by atomic mass is 9.94. The highest BCUT2D eigenvalue weighted by Crippen LogP contribution is 2.31. The maximum absolute atomic E-state index is 13.9. The van der Waals surface area contributed by atoms with Crippen LogP contribution in [0.2, 0.25) is 0 Å². The molecule has 1 saturated carbocycles. The molecule has 1 aliphatic carbocycles. The molecule has 2 atom stereocenters.